The van der Waals surface area contributed by atoms with Gasteiger partial charge in [-0.25, -0.2) is 0 Å². The fourth-order valence-corrected chi connectivity index (χ4v) is 5.37. The molecule has 5 aromatic carbocycles. The summed E-state index contributed by atoms with van der Waals surface area (Å²) in [5, 5.41) is 5.11. The Labute approximate surface area is 198 Å². The summed E-state index contributed by atoms with van der Waals surface area (Å²) in [6.45, 7) is 4.28. The van der Waals surface area contributed by atoms with E-state index in [-0.39, 0.29) is 0 Å². The van der Waals surface area contributed by atoms with Gasteiger partial charge in [-0.05, 0) is 62.4 Å². The van der Waals surface area contributed by atoms with Crippen molar-refractivity contribution in [3.8, 4) is 11.4 Å². The number of rotatable bonds is 2. The Kier molecular flexibility index (Phi) is 4.01. The highest BCUT2D eigenvalue weighted by molar-refractivity contribution is 6.18. The van der Waals surface area contributed by atoms with Crippen molar-refractivity contribution in [1.82, 2.24) is 9.13 Å². The van der Waals surface area contributed by atoms with Gasteiger partial charge in [0.1, 0.15) is 0 Å². The highest BCUT2D eigenvalue weighted by Crippen LogP contribution is 2.39. The number of hydrogen-bond donors (Lipinski definition) is 0. The molecule has 0 bridgehead atoms. The Morgan fingerprint density at radius 3 is 1.18 bits per heavy atom. The highest BCUT2D eigenvalue weighted by atomic mass is 15.0. The maximum Gasteiger partial charge on any atom is 0.0548 e. The van der Waals surface area contributed by atoms with Crippen molar-refractivity contribution >= 4 is 43.6 Å². The third-order valence-corrected chi connectivity index (χ3v) is 7.05. The molecule has 0 N–H and O–H groups in total. The van der Waals surface area contributed by atoms with E-state index >= 15 is 0 Å². The monoisotopic (exact) mass is 436 g/mol. The van der Waals surface area contributed by atoms with E-state index in [0.29, 0.717) is 0 Å². The molecule has 0 aliphatic heterocycles. The molecule has 0 aliphatic carbocycles. The second-order valence-corrected chi connectivity index (χ2v) is 9.26. The summed E-state index contributed by atoms with van der Waals surface area (Å²) in [7, 11) is 0. The molecule has 0 saturated carbocycles. The predicted molar refractivity (Wildman–Crippen MR) is 145 cm³/mol. The van der Waals surface area contributed by atoms with Gasteiger partial charge in [0.15, 0.2) is 0 Å². The highest BCUT2D eigenvalue weighted by Gasteiger charge is 2.18. The Bertz CT molecular complexity index is 1710. The summed E-state index contributed by atoms with van der Waals surface area (Å²) in [6.07, 6.45) is 0. The van der Waals surface area contributed by atoms with Crippen LogP contribution in [-0.2, 0) is 0 Å². The minimum atomic E-state index is 1.19. The summed E-state index contributed by atoms with van der Waals surface area (Å²) in [4.78, 5) is 0. The molecule has 7 rings (SSSR count). The number of nitrogens with zero attached hydrogens (tertiary/aromatic N) is 2. The van der Waals surface area contributed by atoms with Crippen LogP contribution < -0.4 is 0 Å². The van der Waals surface area contributed by atoms with Gasteiger partial charge < -0.3 is 9.13 Å². The van der Waals surface area contributed by atoms with Gasteiger partial charge in [0, 0.05) is 32.9 Å². The van der Waals surface area contributed by atoms with Gasteiger partial charge in [0.2, 0.25) is 0 Å². The number of hydrogen-bond acceptors (Lipinski definition) is 0. The third kappa shape index (κ3) is 2.69. The molecule has 162 valence electrons. The van der Waals surface area contributed by atoms with Gasteiger partial charge in [-0.1, -0.05) is 71.8 Å². The van der Waals surface area contributed by atoms with Crippen LogP contribution in [0.4, 0.5) is 0 Å². The molecular formula is C32H24N2. The molecule has 0 fully saturated rings. The van der Waals surface area contributed by atoms with Crippen LogP contribution in [0.25, 0.3) is 55.0 Å². The largest absolute Gasteiger partial charge is 0.309 e. The lowest BCUT2D eigenvalue weighted by Crippen LogP contribution is -1.94. The summed E-state index contributed by atoms with van der Waals surface area (Å²) >= 11 is 0. The van der Waals surface area contributed by atoms with Gasteiger partial charge in [-0.3, -0.25) is 0 Å². The van der Waals surface area contributed by atoms with Crippen molar-refractivity contribution in [3.63, 3.8) is 0 Å². The first-order valence-corrected chi connectivity index (χ1v) is 11.8. The van der Waals surface area contributed by atoms with Gasteiger partial charge in [-0.2, -0.15) is 0 Å². The molecule has 0 aliphatic rings. The van der Waals surface area contributed by atoms with Crippen LogP contribution in [0.5, 0.6) is 0 Å². The Morgan fingerprint density at radius 1 is 0.382 bits per heavy atom. The van der Waals surface area contributed by atoms with E-state index < -0.39 is 0 Å². The molecule has 2 aromatic heterocycles. The molecular weight excluding hydrogens is 412 g/mol. The lowest BCUT2D eigenvalue weighted by molar-refractivity contribution is 1.17. The Balaban J connectivity index is 1.66. The number of aromatic nitrogens is 2. The zero-order chi connectivity index (χ0) is 22.8. The van der Waals surface area contributed by atoms with Gasteiger partial charge in [0.25, 0.3) is 0 Å². The predicted octanol–water partition coefficient (Wildman–Crippen LogP) is 8.50. The molecule has 0 amide bonds. The maximum atomic E-state index is 2.40. The normalized spacial score (nSPS) is 11.8. The number of para-hydroxylation sites is 2. The SMILES string of the molecule is Cc1ccc(-n2c3ccccc3c3cc4c(cc32)c2ccccc2n4-c2ccc(C)cc2)cc1. The summed E-state index contributed by atoms with van der Waals surface area (Å²) < 4.78 is 4.81. The zero-order valence-electron chi connectivity index (χ0n) is 19.3. The van der Waals surface area contributed by atoms with E-state index in [9.17, 15) is 0 Å². The molecule has 0 spiro atoms. The van der Waals surface area contributed by atoms with Crippen molar-refractivity contribution < 1.29 is 0 Å². The average Bonchev–Trinajstić information content (AvgIpc) is 3.36. The quantitative estimate of drug-likeness (QED) is 0.257. The van der Waals surface area contributed by atoms with Crippen LogP contribution in [0, 0.1) is 13.8 Å². The number of fused-ring (bicyclic) bond motifs is 6. The van der Waals surface area contributed by atoms with Gasteiger partial charge in [-0.15, -0.1) is 0 Å². The fraction of sp³-hybridized carbons (Fsp3) is 0.0625. The molecule has 34 heavy (non-hydrogen) atoms. The van der Waals surface area contributed by atoms with Crippen molar-refractivity contribution in [2.45, 2.75) is 13.8 Å². The van der Waals surface area contributed by atoms with Crippen LogP contribution in [0.15, 0.2) is 109 Å². The van der Waals surface area contributed by atoms with Crippen LogP contribution in [0.2, 0.25) is 0 Å². The Hall–Kier alpha value is -4.30. The van der Waals surface area contributed by atoms with E-state index in [0.717, 1.165) is 0 Å². The van der Waals surface area contributed by atoms with Crippen LogP contribution >= 0.6 is 0 Å². The third-order valence-electron chi connectivity index (χ3n) is 7.05. The molecule has 2 heterocycles. The number of aryl methyl sites for hydroxylation is 2. The van der Waals surface area contributed by atoms with E-state index in [4.69, 9.17) is 0 Å². The van der Waals surface area contributed by atoms with E-state index in [1.165, 1.54) is 66.1 Å². The minimum absolute atomic E-state index is 1.19. The van der Waals surface area contributed by atoms with Crippen LogP contribution in [0.3, 0.4) is 0 Å². The Morgan fingerprint density at radius 2 is 0.765 bits per heavy atom. The van der Waals surface area contributed by atoms with Crippen molar-refractivity contribution in [2.24, 2.45) is 0 Å². The van der Waals surface area contributed by atoms with Gasteiger partial charge >= 0.3 is 0 Å². The minimum Gasteiger partial charge on any atom is -0.309 e. The molecule has 0 unspecified atom stereocenters. The summed E-state index contributed by atoms with van der Waals surface area (Å²) in [5.41, 5.74) is 9.88. The molecule has 0 atom stereocenters. The average molecular weight is 437 g/mol. The topological polar surface area (TPSA) is 9.86 Å². The van der Waals surface area contributed by atoms with E-state index in [1.54, 1.807) is 0 Å². The molecule has 2 heteroatoms. The fourth-order valence-electron chi connectivity index (χ4n) is 5.37. The zero-order valence-corrected chi connectivity index (χ0v) is 19.3. The van der Waals surface area contributed by atoms with Crippen LogP contribution in [0.1, 0.15) is 11.1 Å². The standard InChI is InChI=1S/C32H24N2/c1-21-11-15-23(16-12-21)33-29-9-5-3-7-25(29)27-20-32-28(19-31(27)33)26-8-4-6-10-30(26)34(32)24-17-13-22(2)14-18-24/h3-20H,1-2H3. The van der Waals surface area contributed by atoms with Gasteiger partial charge in [0.05, 0.1) is 22.1 Å². The first-order valence-electron chi connectivity index (χ1n) is 11.8. The summed E-state index contributed by atoms with van der Waals surface area (Å²) in [5.74, 6) is 0. The van der Waals surface area contributed by atoms with E-state index in [1.807, 2.05) is 0 Å². The molecule has 0 radical (unpaired) electrons. The summed E-state index contributed by atoms with van der Waals surface area (Å²) in [6, 6.07) is 39.9. The molecule has 0 saturated heterocycles. The molecule has 2 nitrogen and oxygen atoms in total. The van der Waals surface area contributed by atoms with Crippen molar-refractivity contribution in [2.75, 3.05) is 0 Å². The van der Waals surface area contributed by atoms with Crippen molar-refractivity contribution in [1.29, 1.82) is 0 Å². The number of benzene rings is 5. The lowest BCUT2D eigenvalue weighted by atomic mass is 10.1. The van der Waals surface area contributed by atoms with Crippen molar-refractivity contribution in [3.05, 3.63) is 120 Å². The molecule has 7 aromatic rings. The smallest absolute Gasteiger partial charge is 0.0548 e. The second-order valence-electron chi connectivity index (χ2n) is 9.26. The van der Waals surface area contributed by atoms with E-state index in [2.05, 4.69) is 132 Å². The first-order chi connectivity index (χ1) is 16.7. The lowest BCUT2D eigenvalue weighted by Gasteiger charge is -2.09. The second kappa shape index (κ2) is 7.10. The van der Waals surface area contributed by atoms with Crippen LogP contribution in [-0.4, -0.2) is 9.13 Å². The maximum absolute atomic E-state index is 2.40. The first kappa shape index (κ1) is 19.2.